The molecule has 1 atom stereocenters. The van der Waals surface area contributed by atoms with Crippen LogP contribution < -0.4 is 16.0 Å². The lowest BCUT2D eigenvalue weighted by molar-refractivity contribution is -0.127. The van der Waals surface area contributed by atoms with Crippen molar-refractivity contribution in [3.63, 3.8) is 0 Å². The van der Waals surface area contributed by atoms with Crippen molar-refractivity contribution in [2.75, 3.05) is 18.0 Å². The van der Waals surface area contributed by atoms with Gasteiger partial charge in [-0.2, -0.15) is 0 Å². The molecule has 2 amide bonds. The van der Waals surface area contributed by atoms with Crippen molar-refractivity contribution in [3.8, 4) is 0 Å². The van der Waals surface area contributed by atoms with Gasteiger partial charge in [0.2, 0.25) is 11.8 Å². The van der Waals surface area contributed by atoms with Crippen molar-refractivity contribution in [2.24, 2.45) is 11.7 Å². The molecule has 0 radical (unpaired) electrons. The molecule has 2 aromatic rings. The second-order valence-electron chi connectivity index (χ2n) is 7.58. The van der Waals surface area contributed by atoms with Gasteiger partial charge in [-0.3, -0.25) is 9.59 Å². The topological polar surface area (TPSA) is 75.4 Å². The molecule has 1 unspecified atom stereocenters. The first-order valence-electron chi connectivity index (χ1n) is 9.42. The summed E-state index contributed by atoms with van der Waals surface area (Å²) in [6.07, 6.45) is 4.33. The Kier molecular flexibility index (Phi) is 5.72. The molecule has 0 aromatic heterocycles. The molecule has 1 aliphatic heterocycles. The van der Waals surface area contributed by atoms with Gasteiger partial charge in [-0.25, -0.2) is 0 Å². The number of benzene rings is 2. The predicted octanol–water partition coefficient (Wildman–Crippen LogP) is 3.00. The summed E-state index contributed by atoms with van der Waals surface area (Å²) >= 11 is 0. The number of hydrogen-bond acceptors (Lipinski definition) is 3. The van der Waals surface area contributed by atoms with E-state index in [9.17, 15) is 9.59 Å². The van der Waals surface area contributed by atoms with E-state index < -0.39 is 0 Å². The highest BCUT2D eigenvalue weighted by atomic mass is 35.5. The lowest BCUT2D eigenvalue weighted by Gasteiger charge is -2.30. The van der Waals surface area contributed by atoms with Crippen LogP contribution in [0, 0.1) is 5.92 Å². The van der Waals surface area contributed by atoms with Crippen LogP contribution in [0.1, 0.15) is 32.1 Å². The number of nitrogens with one attached hydrogen (secondary N) is 1. The molecule has 2 aliphatic rings. The Balaban J connectivity index is 0.00000210. The maximum Gasteiger partial charge on any atom is 0.227 e. The van der Waals surface area contributed by atoms with Crippen LogP contribution in [0.4, 0.5) is 5.69 Å². The van der Waals surface area contributed by atoms with Crippen molar-refractivity contribution in [3.05, 3.63) is 42.5 Å². The van der Waals surface area contributed by atoms with Gasteiger partial charge >= 0.3 is 0 Å². The molecule has 0 bridgehead atoms. The van der Waals surface area contributed by atoms with E-state index in [2.05, 4.69) is 5.32 Å². The molecule has 1 aliphatic carbocycles. The zero-order chi connectivity index (χ0) is 18.1. The van der Waals surface area contributed by atoms with Crippen LogP contribution in [0.15, 0.2) is 42.5 Å². The van der Waals surface area contributed by atoms with E-state index in [1.54, 1.807) is 4.90 Å². The number of hydrogen-bond donors (Lipinski definition) is 2. The number of carbonyl (C=O) groups is 2. The average molecular weight is 388 g/mol. The molecule has 1 heterocycles. The molecular formula is C21H26ClN3O2. The van der Waals surface area contributed by atoms with Crippen LogP contribution in [-0.4, -0.2) is 30.4 Å². The summed E-state index contributed by atoms with van der Waals surface area (Å²) in [5.74, 6) is -0.339. The summed E-state index contributed by atoms with van der Waals surface area (Å²) in [4.78, 5) is 27.2. The second kappa shape index (κ2) is 7.87. The number of carbonyl (C=O) groups excluding carboxylic acids is 2. The van der Waals surface area contributed by atoms with Gasteiger partial charge in [-0.05, 0) is 24.3 Å². The molecule has 3 N–H and O–H groups in total. The maximum atomic E-state index is 12.8. The molecule has 0 spiro atoms. The minimum atomic E-state index is -0.314. The first kappa shape index (κ1) is 19.6. The first-order valence-corrected chi connectivity index (χ1v) is 9.42. The SMILES string of the molecule is Cl.NCC1(NC(=O)C2CC(=O)N(c3cccc4ccccc34)C2)CCCC1. The molecular weight excluding hydrogens is 362 g/mol. The zero-order valence-corrected chi connectivity index (χ0v) is 16.1. The highest BCUT2D eigenvalue weighted by molar-refractivity contribution is 6.07. The van der Waals surface area contributed by atoms with Crippen LogP contribution in [0.2, 0.25) is 0 Å². The highest BCUT2D eigenvalue weighted by Crippen LogP contribution is 2.33. The maximum absolute atomic E-state index is 12.8. The van der Waals surface area contributed by atoms with Gasteiger partial charge in [0.15, 0.2) is 0 Å². The minimum Gasteiger partial charge on any atom is -0.349 e. The lowest BCUT2D eigenvalue weighted by Crippen LogP contribution is -2.53. The van der Waals surface area contributed by atoms with Crippen LogP contribution in [0.5, 0.6) is 0 Å². The van der Waals surface area contributed by atoms with Gasteiger partial charge in [0.05, 0.1) is 17.1 Å². The molecule has 27 heavy (non-hydrogen) atoms. The van der Waals surface area contributed by atoms with E-state index in [1.807, 2.05) is 42.5 Å². The third-order valence-corrected chi connectivity index (χ3v) is 5.89. The van der Waals surface area contributed by atoms with E-state index in [0.29, 0.717) is 13.1 Å². The van der Waals surface area contributed by atoms with Crippen LogP contribution >= 0.6 is 12.4 Å². The Morgan fingerprint density at radius 3 is 2.59 bits per heavy atom. The van der Waals surface area contributed by atoms with Crippen molar-refractivity contribution in [2.45, 2.75) is 37.6 Å². The summed E-state index contributed by atoms with van der Waals surface area (Å²) < 4.78 is 0. The molecule has 2 fully saturated rings. The van der Waals surface area contributed by atoms with E-state index in [1.165, 1.54) is 0 Å². The molecule has 6 heteroatoms. The van der Waals surface area contributed by atoms with E-state index in [4.69, 9.17) is 5.73 Å². The standard InChI is InChI=1S/C21H25N3O2.ClH/c22-14-21(10-3-4-11-21)23-20(26)16-12-19(25)24(13-16)18-9-5-7-15-6-1-2-8-17(15)18;/h1-2,5-9,16H,3-4,10-14,22H2,(H,23,26);1H. The van der Waals surface area contributed by atoms with Crippen LogP contribution in [-0.2, 0) is 9.59 Å². The summed E-state index contributed by atoms with van der Waals surface area (Å²) in [6.45, 7) is 0.895. The molecule has 5 nitrogen and oxygen atoms in total. The molecule has 4 rings (SSSR count). The fourth-order valence-corrected chi connectivity index (χ4v) is 4.36. The number of rotatable bonds is 4. The quantitative estimate of drug-likeness (QED) is 0.846. The van der Waals surface area contributed by atoms with Gasteiger partial charge in [-0.1, -0.05) is 49.2 Å². The highest BCUT2D eigenvalue weighted by Gasteiger charge is 2.40. The normalized spacial score (nSPS) is 21.3. The fraction of sp³-hybridized carbons (Fsp3) is 0.429. The number of nitrogens with zero attached hydrogens (tertiary/aromatic N) is 1. The Morgan fingerprint density at radius 2 is 1.85 bits per heavy atom. The number of fused-ring (bicyclic) bond motifs is 1. The van der Waals surface area contributed by atoms with Gasteiger partial charge < -0.3 is 16.0 Å². The van der Waals surface area contributed by atoms with Gasteiger partial charge in [0.25, 0.3) is 0 Å². The Morgan fingerprint density at radius 1 is 1.15 bits per heavy atom. The van der Waals surface area contributed by atoms with E-state index >= 15 is 0 Å². The molecule has 1 saturated heterocycles. The fourth-order valence-electron chi connectivity index (χ4n) is 4.36. The third kappa shape index (κ3) is 3.66. The molecule has 2 aromatic carbocycles. The average Bonchev–Trinajstić information content (AvgIpc) is 3.28. The number of nitrogens with two attached hydrogens (primary N) is 1. The van der Waals surface area contributed by atoms with Crippen LogP contribution in [0.25, 0.3) is 10.8 Å². The van der Waals surface area contributed by atoms with Crippen molar-refractivity contribution < 1.29 is 9.59 Å². The second-order valence-corrected chi connectivity index (χ2v) is 7.58. The van der Waals surface area contributed by atoms with E-state index in [0.717, 1.165) is 42.1 Å². The van der Waals surface area contributed by atoms with Crippen molar-refractivity contribution in [1.29, 1.82) is 0 Å². The smallest absolute Gasteiger partial charge is 0.227 e. The Hall–Kier alpha value is -2.11. The zero-order valence-electron chi connectivity index (χ0n) is 15.3. The van der Waals surface area contributed by atoms with E-state index in [-0.39, 0.29) is 42.1 Å². The number of halogens is 1. The monoisotopic (exact) mass is 387 g/mol. The summed E-state index contributed by atoms with van der Waals surface area (Å²) in [6, 6.07) is 14.0. The third-order valence-electron chi connectivity index (χ3n) is 5.89. The number of amides is 2. The summed E-state index contributed by atoms with van der Waals surface area (Å²) in [5, 5.41) is 5.31. The predicted molar refractivity (Wildman–Crippen MR) is 110 cm³/mol. The summed E-state index contributed by atoms with van der Waals surface area (Å²) in [5.41, 5.74) is 6.55. The van der Waals surface area contributed by atoms with Crippen molar-refractivity contribution >= 4 is 40.7 Å². The van der Waals surface area contributed by atoms with Gasteiger partial charge in [-0.15, -0.1) is 12.4 Å². The number of anilines is 1. The Labute approximate surface area is 165 Å². The first-order chi connectivity index (χ1) is 12.6. The van der Waals surface area contributed by atoms with Crippen LogP contribution in [0.3, 0.4) is 0 Å². The molecule has 1 saturated carbocycles. The Bertz CT molecular complexity index is 843. The van der Waals surface area contributed by atoms with Crippen molar-refractivity contribution in [1.82, 2.24) is 5.32 Å². The largest absolute Gasteiger partial charge is 0.349 e. The van der Waals surface area contributed by atoms with Gasteiger partial charge in [0.1, 0.15) is 0 Å². The summed E-state index contributed by atoms with van der Waals surface area (Å²) in [7, 11) is 0. The lowest BCUT2D eigenvalue weighted by atomic mass is 9.96. The van der Waals surface area contributed by atoms with Gasteiger partial charge in [0, 0.05) is 24.9 Å². The minimum absolute atomic E-state index is 0. The molecule has 144 valence electrons.